The van der Waals surface area contributed by atoms with Crippen LogP contribution in [0.4, 0.5) is 0 Å². The lowest BCUT2D eigenvalue weighted by molar-refractivity contribution is 0.194. The van der Waals surface area contributed by atoms with Crippen LogP contribution in [-0.4, -0.2) is 12.6 Å². The van der Waals surface area contributed by atoms with E-state index < -0.39 is 0 Å². The lowest BCUT2D eigenvalue weighted by Crippen LogP contribution is -2.28. The van der Waals surface area contributed by atoms with Gasteiger partial charge in [-0.3, -0.25) is 0 Å². The highest BCUT2D eigenvalue weighted by molar-refractivity contribution is 5.32. The van der Waals surface area contributed by atoms with Crippen LogP contribution < -0.4 is 5.73 Å². The van der Waals surface area contributed by atoms with Gasteiger partial charge in [0.15, 0.2) is 0 Å². The maximum absolute atomic E-state index is 5.80. The molecule has 1 atom stereocenters. The quantitative estimate of drug-likeness (QED) is 0.646. The summed E-state index contributed by atoms with van der Waals surface area (Å²) in [6.45, 7) is 7.98. The second-order valence-corrected chi connectivity index (χ2v) is 2.47. The molecule has 0 saturated carbocycles. The molecule has 1 rings (SSSR count). The monoisotopic (exact) mass is 151 g/mol. The minimum atomic E-state index is 0.0641. The topological polar surface area (TPSA) is 35.2 Å². The van der Waals surface area contributed by atoms with Crippen molar-refractivity contribution in [2.75, 3.05) is 6.61 Å². The molecule has 0 bridgehead atoms. The van der Waals surface area contributed by atoms with Gasteiger partial charge < -0.3 is 10.5 Å². The van der Waals surface area contributed by atoms with Crippen molar-refractivity contribution in [1.29, 1.82) is 0 Å². The van der Waals surface area contributed by atoms with Gasteiger partial charge in [0.2, 0.25) is 0 Å². The summed E-state index contributed by atoms with van der Waals surface area (Å²) in [5.41, 5.74) is 6.76. The van der Waals surface area contributed by atoms with Crippen molar-refractivity contribution in [2.45, 2.75) is 12.5 Å². The van der Waals surface area contributed by atoms with Crippen LogP contribution in [0.5, 0.6) is 0 Å². The van der Waals surface area contributed by atoms with Crippen LogP contribution in [-0.2, 0) is 4.74 Å². The number of hydrogen-bond donors (Lipinski definition) is 1. The van der Waals surface area contributed by atoms with Gasteiger partial charge in [0.05, 0.1) is 6.61 Å². The van der Waals surface area contributed by atoms with Crippen molar-refractivity contribution in [1.82, 2.24) is 0 Å². The highest BCUT2D eigenvalue weighted by atomic mass is 16.5. The molecule has 0 amide bonds. The lowest BCUT2D eigenvalue weighted by Gasteiger charge is -2.22. The maximum Gasteiger partial charge on any atom is 0.123 e. The molecule has 0 aromatic heterocycles. The zero-order valence-corrected chi connectivity index (χ0v) is 6.55. The van der Waals surface area contributed by atoms with E-state index in [1.807, 2.05) is 0 Å². The van der Waals surface area contributed by atoms with Crippen LogP contribution >= 0.6 is 0 Å². The molecule has 1 heterocycles. The smallest absolute Gasteiger partial charge is 0.123 e. The molecule has 0 aliphatic carbocycles. The number of hydrogen-bond acceptors (Lipinski definition) is 2. The fourth-order valence-corrected chi connectivity index (χ4v) is 1.15. The van der Waals surface area contributed by atoms with E-state index in [1.165, 1.54) is 0 Å². The van der Waals surface area contributed by atoms with Crippen LogP contribution in [0.1, 0.15) is 6.42 Å². The molecule has 1 aliphatic rings. The summed E-state index contributed by atoms with van der Waals surface area (Å²) in [7, 11) is 0. The summed E-state index contributed by atoms with van der Waals surface area (Å²) in [6, 6.07) is 0.0641. The van der Waals surface area contributed by atoms with Crippen LogP contribution in [0.15, 0.2) is 36.6 Å². The molecule has 11 heavy (non-hydrogen) atoms. The van der Waals surface area contributed by atoms with Gasteiger partial charge >= 0.3 is 0 Å². The van der Waals surface area contributed by atoms with Crippen LogP contribution in [0.3, 0.4) is 0 Å². The Balaban J connectivity index is 2.94. The van der Waals surface area contributed by atoms with Crippen LogP contribution in [0, 0.1) is 0 Å². The van der Waals surface area contributed by atoms with Gasteiger partial charge in [0, 0.05) is 18.0 Å². The first kappa shape index (κ1) is 8.08. The summed E-state index contributed by atoms with van der Waals surface area (Å²) in [5, 5.41) is 0. The molecular formula is C9H13NO. The molecule has 0 spiro atoms. The Hall–Kier alpha value is -1.02. The standard InChI is InChI=1S/C9H13NO/c1-3-7-8(10)5-6-11-9(7)4-2/h3-4,8H,1-2,5-6,10H2. The second kappa shape index (κ2) is 3.39. The first-order valence-electron chi connectivity index (χ1n) is 3.67. The maximum atomic E-state index is 5.80. The highest BCUT2D eigenvalue weighted by Crippen LogP contribution is 2.19. The molecule has 2 N–H and O–H groups in total. The van der Waals surface area contributed by atoms with Gasteiger partial charge in [-0.25, -0.2) is 0 Å². The fourth-order valence-electron chi connectivity index (χ4n) is 1.15. The van der Waals surface area contributed by atoms with Gasteiger partial charge in [-0.05, 0) is 6.08 Å². The van der Waals surface area contributed by atoms with E-state index in [4.69, 9.17) is 10.5 Å². The Kier molecular flexibility index (Phi) is 2.49. The van der Waals surface area contributed by atoms with Crippen molar-refractivity contribution in [3.63, 3.8) is 0 Å². The van der Waals surface area contributed by atoms with Crippen molar-refractivity contribution >= 4 is 0 Å². The van der Waals surface area contributed by atoms with Crippen molar-refractivity contribution in [3.05, 3.63) is 36.6 Å². The van der Waals surface area contributed by atoms with Crippen LogP contribution in [0.25, 0.3) is 0 Å². The first-order valence-corrected chi connectivity index (χ1v) is 3.67. The van der Waals surface area contributed by atoms with E-state index in [0.29, 0.717) is 6.61 Å². The van der Waals surface area contributed by atoms with E-state index >= 15 is 0 Å². The molecule has 60 valence electrons. The average Bonchev–Trinajstić information content (AvgIpc) is 2.04. The molecule has 0 fully saturated rings. The van der Waals surface area contributed by atoms with Crippen molar-refractivity contribution in [2.24, 2.45) is 5.73 Å². The Morgan fingerprint density at radius 2 is 2.18 bits per heavy atom. The van der Waals surface area contributed by atoms with E-state index in [9.17, 15) is 0 Å². The Bertz CT molecular complexity index is 206. The summed E-state index contributed by atoms with van der Waals surface area (Å²) in [4.78, 5) is 0. The van der Waals surface area contributed by atoms with E-state index in [0.717, 1.165) is 17.8 Å². The summed E-state index contributed by atoms with van der Waals surface area (Å²) >= 11 is 0. The molecule has 0 radical (unpaired) electrons. The summed E-state index contributed by atoms with van der Waals surface area (Å²) in [6.07, 6.45) is 4.27. The van der Waals surface area contributed by atoms with E-state index in [1.54, 1.807) is 12.2 Å². The Morgan fingerprint density at radius 1 is 1.45 bits per heavy atom. The predicted octanol–water partition coefficient (Wildman–Crippen LogP) is 1.36. The molecular weight excluding hydrogens is 138 g/mol. The molecule has 0 aromatic carbocycles. The van der Waals surface area contributed by atoms with Gasteiger partial charge in [-0.1, -0.05) is 19.2 Å². The Morgan fingerprint density at radius 3 is 2.64 bits per heavy atom. The number of nitrogens with two attached hydrogens (primary N) is 1. The van der Waals surface area contributed by atoms with Gasteiger partial charge in [-0.15, -0.1) is 0 Å². The lowest BCUT2D eigenvalue weighted by atomic mass is 10.0. The summed E-state index contributed by atoms with van der Waals surface area (Å²) < 4.78 is 5.31. The molecule has 2 nitrogen and oxygen atoms in total. The highest BCUT2D eigenvalue weighted by Gasteiger charge is 2.16. The van der Waals surface area contributed by atoms with E-state index in [2.05, 4.69) is 13.2 Å². The second-order valence-electron chi connectivity index (χ2n) is 2.47. The zero-order valence-electron chi connectivity index (χ0n) is 6.55. The SMILES string of the molecule is C=CC1=C(C=C)C(N)CCO1. The molecule has 1 aliphatic heterocycles. The third-order valence-corrected chi connectivity index (χ3v) is 1.78. The average molecular weight is 151 g/mol. The van der Waals surface area contributed by atoms with Crippen molar-refractivity contribution < 1.29 is 4.74 Å². The molecule has 1 unspecified atom stereocenters. The number of rotatable bonds is 2. The van der Waals surface area contributed by atoms with Gasteiger partial charge in [-0.2, -0.15) is 0 Å². The van der Waals surface area contributed by atoms with E-state index in [-0.39, 0.29) is 6.04 Å². The third kappa shape index (κ3) is 1.52. The first-order chi connectivity index (χ1) is 5.29. The molecule has 0 saturated heterocycles. The van der Waals surface area contributed by atoms with Gasteiger partial charge in [0.25, 0.3) is 0 Å². The molecule has 2 heteroatoms. The normalized spacial score (nSPS) is 24.3. The number of allylic oxidation sites excluding steroid dienone is 1. The largest absolute Gasteiger partial charge is 0.493 e. The van der Waals surface area contributed by atoms with Crippen molar-refractivity contribution in [3.8, 4) is 0 Å². The zero-order chi connectivity index (χ0) is 8.27. The molecule has 0 aromatic rings. The fraction of sp³-hybridized carbons (Fsp3) is 0.333. The predicted molar refractivity (Wildman–Crippen MR) is 46.0 cm³/mol. The summed E-state index contributed by atoms with van der Waals surface area (Å²) in [5.74, 6) is 0.777. The van der Waals surface area contributed by atoms with Crippen LogP contribution in [0.2, 0.25) is 0 Å². The Labute approximate surface area is 67.0 Å². The number of ether oxygens (including phenoxy) is 1. The minimum absolute atomic E-state index is 0.0641. The minimum Gasteiger partial charge on any atom is -0.493 e. The third-order valence-electron chi connectivity index (χ3n) is 1.78. The van der Waals surface area contributed by atoms with Gasteiger partial charge in [0.1, 0.15) is 5.76 Å².